The van der Waals surface area contributed by atoms with E-state index in [-0.39, 0.29) is 5.92 Å². The van der Waals surface area contributed by atoms with Gasteiger partial charge in [-0.25, -0.2) is 9.13 Å². The van der Waals surface area contributed by atoms with Gasteiger partial charge in [-0.2, -0.15) is 0 Å². The highest BCUT2D eigenvalue weighted by molar-refractivity contribution is 5.69. The Bertz CT molecular complexity index is 482. The molecule has 144 valence electrons. The van der Waals surface area contributed by atoms with Gasteiger partial charge in [0.15, 0.2) is 0 Å². The van der Waals surface area contributed by atoms with Crippen molar-refractivity contribution in [3.05, 3.63) is 18.2 Å². The molecule has 0 aliphatic heterocycles. The van der Waals surface area contributed by atoms with E-state index < -0.39 is 5.97 Å². The minimum absolute atomic E-state index is 0.343. The van der Waals surface area contributed by atoms with Crippen molar-refractivity contribution in [3.63, 3.8) is 0 Å². The smallest absolute Gasteiger partial charge is 0.310 e. The lowest BCUT2D eigenvalue weighted by Gasteiger charge is -2.07. The molecule has 0 aliphatic rings. The van der Waals surface area contributed by atoms with Gasteiger partial charge >= 0.3 is 5.97 Å². The van der Waals surface area contributed by atoms with Crippen LogP contribution < -0.4 is 4.57 Å². The largest absolute Gasteiger partial charge is 0.481 e. The maximum Gasteiger partial charge on any atom is 0.310 e. The van der Waals surface area contributed by atoms with Gasteiger partial charge in [0.1, 0.15) is 18.9 Å². The Balaban J connectivity index is 2.27. The van der Waals surface area contributed by atoms with Crippen LogP contribution >= 0.6 is 0 Å². The fourth-order valence-corrected chi connectivity index (χ4v) is 3.38. The van der Waals surface area contributed by atoms with Crippen LogP contribution in [0.15, 0.2) is 12.4 Å². The van der Waals surface area contributed by atoms with Crippen LogP contribution in [0.5, 0.6) is 0 Å². The third kappa shape index (κ3) is 8.55. The van der Waals surface area contributed by atoms with Crippen LogP contribution in [-0.4, -0.2) is 15.6 Å². The summed E-state index contributed by atoms with van der Waals surface area (Å²) < 4.78 is 4.39. The van der Waals surface area contributed by atoms with Crippen molar-refractivity contribution in [1.82, 2.24) is 4.57 Å². The standard InChI is InChI=1S/C21H38N2O2/c1-4-6-7-8-9-10-11-12-13-14-15-20-22(5-2)16-17-23(20)18-19(3)21(24)25/h16-17,19H,4-15,18H2,1-3H3/p+1. The SMILES string of the molecule is CCCCCCCCCCCCc1n(CC)cc[n+]1CC(C)C(=O)O. The maximum atomic E-state index is 11.1. The van der Waals surface area contributed by atoms with E-state index in [0.29, 0.717) is 6.54 Å². The number of carbonyl (C=O) groups is 1. The molecular formula is C21H39N2O2+. The van der Waals surface area contributed by atoms with Gasteiger partial charge in [-0.3, -0.25) is 4.79 Å². The lowest BCUT2D eigenvalue weighted by molar-refractivity contribution is -0.707. The normalized spacial score (nSPS) is 12.4. The molecule has 25 heavy (non-hydrogen) atoms. The highest BCUT2D eigenvalue weighted by Crippen LogP contribution is 2.12. The van der Waals surface area contributed by atoms with Gasteiger partial charge in [0, 0.05) is 6.42 Å². The molecule has 0 aromatic carbocycles. The summed E-state index contributed by atoms with van der Waals surface area (Å²) in [6.07, 6.45) is 18.6. The van der Waals surface area contributed by atoms with Gasteiger partial charge in [-0.05, 0) is 20.3 Å². The minimum Gasteiger partial charge on any atom is -0.481 e. The summed E-state index contributed by atoms with van der Waals surface area (Å²) in [5.74, 6) is 0.209. The zero-order valence-electron chi connectivity index (χ0n) is 16.7. The summed E-state index contributed by atoms with van der Waals surface area (Å²) in [5.41, 5.74) is 0. The Labute approximate surface area is 154 Å². The molecule has 1 aromatic heterocycles. The number of aryl methyl sites for hydroxylation is 1. The first kappa shape index (κ1) is 21.7. The lowest BCUT2D eigenvalue weighted by Crippen LogP contribution is -2.41. The number of aliphatic carboxylic acids is 1. The van der Waals surface area contributed by atoms with E-state index in [9.17, 15) is 4.79 Å². The average Bonchev–Trinajstić information content (AvgIpc) is 2.98. The molecule has 1 unspecified atom stereocenters. The third-order valence-corrected chi connectivity index (χ3v) is 5.08. The van der Waals surface area contributed by atoms with Crippen molar-refractivity contribution in [2.45, 2.75) is 104 Å². The quantitative estimate of drug-likeness (QED) is 0.358. The third-order valence-electron chi connectivity index (χ3n) is 5.08. The van der Waals surface area contributed by atoms with Crippen LogP contribution in [0.3, 0.4) is 0 Å². The second-order valence-corrected chi connectivity index (χ2v) is 7.32. The summed E-state index contributed by atoms with van der Waals surface area (Å²) in [6.45, 7) is 7.70. The second-order valence-electron chi connectivity index (χ2n) is 7.32. The first-order valence-corrected chi connectivity index (χ1v) is 10.4. The number of aromatic nitrogens is 2. The Morgan fingerprint density at radius 2 is 1.60 bits per heavy atom. The number of hydrogen-bond donors (Lipinski definition) is 1. The maximum absolute atomic E-state index is 11.1. The van der Waals surface area contributed by atoms with E-state index in [0.717, 1.165) is 13.0 Å². The van der Waals surface area contributed by atoms with E-state index >= 15 is 0 Å². The van der Waals surface area contributed by atoms with Gasteiger partial charge in [0.25, 0.3) is 5.82 Å². The highest BCUT2D eigenvalue weighted by Gasteiger charge is 2.20. The summed E-state index contributed by atoms with van der Waals surface area (Å²) in [7, 11) is 0. The van der Waals surface area contributed by atoms with Gasteiger partial charge < -0.3 is 5.11 Å². The zero-order chi connectivity index (χ0) is 18.5. The van der Waals surface area contributed by atoms with E-state index in [4.69, 9.17) is 5.11 Å². The number of carboxylic acids is 1. The van der Waals surface area contributed by atoms with E-state index in [2.05, 4.69) is 29.2 Å². The molecule has 0 saturated heterocycles. The van der Waals surface area contributed by atoms with Crippen molar-refractivity contribution in [3.8, 4) is 0 Å². The Kier molecular flexibility index (Phi) is 11.3. The minimum atomic E-state index is -0.721. The molecule has 0 bridgehead atoms. The van der Waals surface area contributed by atoms with Crippen molar-refractivity contribution in [1.29, 1.82) is 0 Å². The molecule has 0 radical (unpaired) electrons. The molecule has 0 fully saturated rings. The highest BCUT2D eigenvalue weighted by atomic mass is 16.4. The Morgan fingerprint density at radius 1 is 1.04 bits per heavy atom. The molecule has 0 amide bonds. The molecule has 4 heteroatoms. The fourth-order valence-electron chi connectivity index (χ4n) is 3.38. The first-order valence-electron chi connectivity index (χ1n) is 10.4. The molecule has 1 N–H and O–H groups in total. The molecule has 0 saturated carbocycles. The summed E-state index contributed by atoms with van der Waals surface area (Å²) in [5, 5.41) is 9.14. The number of rotatable bonds is 15. The van der Waals surface area contributed by atoms with Crippen LogP contribution in [0.4, 0.5) is 0 Å². The number of hydrogen-bond acceptors (Lipinski definition) is 1. The predicted octanol–water partition coefficient (Wildman–Crippen LogP) is 4.98. The fraction of sp³-hybridized carbons (Fsp3) is 0.810. The van der Waals surface area contributed by atoms with Gasteiger partial charge in [-0.15, -0.1) is 0 Å². The van der Waals surface area contributed by atoms with Crippen LogP contribution in [0.1, 0.15) is 90.8 Å². The van der Waals surface area contributed by atoms with Gasteiger partial charge in [0.05, 0.1) is 12.5 Å². The van der Waals surface area contributed by atoms with Crippen molar-refractivity contribution in [2.75, 3.05) is 0 Å². The summed E-state index contributed by atoms with van der Waals surface area (Å²) in [6, 6.07) is 0. The molecule has 0 spiro atoms. The molecule has 1 aromatic rings. The zero-order valence-corrected chi connectivity index (χ0v) is 16.7. The Morgan fingerprint density at radius 3 is 2.12 bits per heavy atom. The first-order chi connectivity index (χ1) is 12.1. The van der Waals surface area contributed by atoms with Crippen LogP contribution in [0, 0.1) is 5.92 Å². The molecule has 1 rings (SSSR count). The second kappa shape index (κ2) is 13.0. The topological polar surface area (TPSA) is 46.1 Å². The van der Waals surface area contributed by atoms with Gasteiger partial charge in [-0.1, -0.05) is 64.7 Å². The van der Waals surface area contributed by atoms with Crippen LogP contribution in [0.2, 0.25) is 0 Å². The summed E-state index contributed by atoms with van der Waals surface area (Å²) >= 11 is 0. The number of carboxylic acid groups (broad SMARTS) is 1. The number of imidazole rings is 1. The van der Waals surface area contributed by atoms with Crippen molar-refractivity contribution >= 4 is 5.97 Å². The average molecular weight is 352 g/mol. The number of nitrogens with zero attached hydrogens (tertiary/aromatic N) is 2. The number of unbranched alkanes of at least 4 members (excludes halogenated alkanes) is 9. The van der Waals surface area contributed by atoms with Gasteiger partial charge in [0.2, 0.25) is 0 Å². The van der Waals surface area contributed by atoms with E-state index in [1.54, 1.807) is 6.92 Å². The lowest BCUT2D eigenvalue weighted by atomic mass is 10.1. The van der Waals surface area contributed by atoms with Crippen LogP contribution in [0.25, 0.3) is 0 Å². The van der Waals surface area contributed by atoms with E-state index in [1.807, 2.05) is 6.20 Å². The van der Waals surface area contributed by atoms with E-state index in [1.165, 1.54) is 70.0 Å². The monoisotopic (exact) mass is 351 g/mol. The van der Waals surface area contributed by atoms with Crippen LogP contribution in [-0.2, 0) is 24.3 Å². The molecule has 0 aliphatic carbocycles. The molecule has 1 heterocycles. The summed E-state index contributed by atoms with van der Waals surface area (Å²) in [4.78, 5) is 11.1. The molecule has 4 nitrogen and oxygen atoms in total. The predicted molar refractivity (Wildman–Crippen MR) is 103 cm³/mol. The Hall–Kier alpha value is -1.32. The molecular weight excluding hydrogens is 312 g/mol. The van der Waals surface area contributed by atoms with Crippen molar-refractivity contribution < 1.29 is 14.5 Å². The molecule has 1 atom stereocenters. The van der Waals surface area contributed by atoms with Crippen molar-refractivity contribution in [2.24, 2.45) is 5.92 Å².